The summed E-state index contributed by atoms with van der Waals surface area (Å²) < 4.78 is 5.48. The molecule has 0 aromatic carbocycles. The summed E-state index contributed by atoms with van der Waals surface area (Å²) in [6.07, 6.45) is 4.78. The number of anilines is 1. The number of morpholine rings is 1. The molecule has 0 spiro atoms. The van der Waals surface area contributed by atoms with Gasteiger partial charge in [-0.2, -0.15) is 0 Å². The van der Waals surface area contributed by atoms with Gasteiger partial charge in [0.2, 0.25) is 0 Å². The van der Waals surface area contributed by atoms with Crippen molar-refractivity contribution in [3.05, 3.63) is 11.1 Å². The van der Waals surface area contributed by atoms with Crippen LogP contribution in [0.15, 0.2) is 10.4 Å². The summed E-state index contributed by atoms with van der Waals surface area (Å²) in [4.78, 5) is 17.2. The highest BCUT2D eigenvalue weighted by molar-refractivity contribution is 7.13. The third kappa shape index (κ3) is 5.83. The summed E-state index contributed by atoms with van der Waals surface area (Å²) in [5.74, 6) is 1.81. The van der Waals surface area contributed by atoms with Gasteiger partial charge in [0.15, 0.2) is 11.1 Å². The quantitative estimate of drug-likeness (QED) is 0.537. The first-order valence-electron chi connectivity index (χ1n) is 11.3. The van der Waals surface area contributed by atoms with Gasteiger partial charge >= 0.3 is 0 Å². The standard InChI is InChI=1S/C21H36N6OS/c1-2-22-20(27-10-6-18(16-27)15-25-11-13-28-14-12-25)23-7-5-19-17-29-21(24-19)26-8-3-4-9-26/h17-18H,2-16H2,1H3,(H,22,23). The van der Waals surface area contributed by atoms with Crippen molar-refractivity contribution in [3.63, 3.8) is 0 Å². The molecule has 1 N–H and O–H groups in total. The molecule has 7 nitrogen and oxygen atoms in total. The molecule has 162 valence electrons. The Kier molecular flexibility index (Phi) is 7.62. The number of hydrogen-bond donors (Lipinski definition) is 1. The van der Waals surface area contributed by atoms with Gasteiger partial charge in [0.05, 0.1) is 18.9 Å². The van der Waals surface area contributed by atoms with Crippen molar-refractivity contribution in [2.45, 2.75) is 32.6 Å². The van der Waals surface area contributed by atoms with Crippen molar-refractivity contribution in [1.29, 1.82) is 0 Å². The molecule has 0 amide bonds. The van der Waals surface area contributed by atoms with Gasteiger partial charge in [-0.25, -0.2) is 4.98 Å². The van der Waals surface area contributed by atoms with Crippen molar-refractivity contribution in [1.82, 2.24) is 20.1 Å². The van der Waals surface area contributed by atoms with Crippen LogP contribution in [0.3, 0.4) is 0 Å². The van der Waals surface area contributed by atoms with E-state index in [1.165, 1.54) is 36.6 Å². The summed E-state index contributed by atoms with van der Waals surface area (Å²) in [5, 5.41) is 6.91. The van der Waals surface area contributed by atoms with Crippen LogP contribution in [0, 0.1) is 5.92 Å². The maximum Gasteiger partial charge on any atom is 0.193 e. The monoisotopic (exact) mass is 420 g/mol. The zero-order chi connectivity index (χ0) is 19.9. The maximum atomic E-state index is 5.48. The normalized spacial score (nSPS) is 23.9. The molecule has 1 aromatic heterocycles. The van der Waals surface area contributed by atoms with Crippen molar-refractivity contribution < 1.29 is 4.74 Å². The average molecular weight is 421 g/mol. The first-order valence-corrected chi connectivity index (χ1v) is 12.2. The zero-order valence-electron chi connectivity index (χ0n) is 17.8. The van der Waals surface area contributed by atoms with Gasteiger partial charge in [0, 0.05) is 70.7 Å². The van der Waals surface area contributed by atoms with Crippen molar-refractivity contribution >= 4 is 22.4 Å². The van der Waals surface area contributed by atoms with Crippen LogP contribution in [0.2, 0.25) is 0 Å². The Morgan fingerprint density at radius 1 is 1.24 bits per heavy atom. The molecule has 0 bridgehead atoms. The highest BCUT2D eigenvalue weighted by Crippen LogP contribution is 2.24. The van der Waals surface area contributed by atoms with Crippen LogP contribution in [0.4, 0.5) is 5.13 Å². The van der Waals surface area contributed by atoms with E-state index >= 15 is 0 Å². The highest BCUT2D eigenvalue weighted by atomic mass is 32.1. The smallest absolute Gasteiger partial charge is 0.193 e. The summed E-state index contributed by atoms with van der Waals surface area (Å²) in [6.45, 7) is 13.5. The first-order chi connectivity index (χ1) is 14.3. The minimum atomic E-state index is 0.735. The fourth-order valence-electron chi connectivity index (χ4n) is 4.49. The molecule has 0 saturated carbocycles. The molecule has 4 heterocycles. The third-order valence-electron chi connectivity index (χ3n) is 6.09. The van der Waals surface area contributed by atoms with Crippen LogP contribution in [-0.4, -0.2) is 92.9 Å². The maximum absolute atomic E-state index is 5.48. The molecule has 0 aliphatic carbocycles. The van der Waals surface area contributed by atoms with E-state index in [1.54, 1.807) is 11.3 Å². The summed E-state index contributed by atoms with van der Waals surface area (Å²) >= 11 is 1.78. The minimum absolute atomic E-state index is 0.735. The van der Waals surface area contributed by atoms with Gasteiger partial charge in [0.25, 0.3) is 0 Å². The third-order valence-corrected chi connectivity index (χ3v) is 7.04. The Morgan fingerprint density at radius 3 is 2.86 bits per heavy atom. The van der Waals surface area contributed by atoms with Crippen LogP contribution in [0.1, 0.15) is 31.9 Å². The lowest BCUT2D eigenvalue weighted by Crippen LogP contribution is -2.42. The number of nitrogens with zero attached hydrogens (tertiary/aromatic N) is 5. The number of nitrogens with one attached hydrogen (secondary N) is 1. The van der Waals surface area contributed by atoms with E-state index < -0.39 is 0 Å². The number of hydrogen-bond acceptors (Lipinski definition) is 6. The Labute approximate surface area is 179 Å². The Bertz CT molecular complexity index is 653. The number of aromatic nitrogens is 1. The number of likely N-dealkylation sites (tertiary alicyclic amines) is 1. The lowest BCUT2D eigenvalue weighted by atomic mass is 10.1. The first kappa shape index (κ1) is 20.9. The average Bonchev–Trinajstić information content (AvgIpc) is 3.50. The zero-order valence-corrected chi connectivity index (χ0v) is 18.6. The molecule has 1 atom stereocenters. The number of aliphatic imine (C=N–C) groups is 1. The van der Waals surface area contributed by atoms with Gasteiger partial charge in [-0.1, -0.05) is 0 Å². The van der Waals surface area contributed by atoms with Crippen molar-refractivity contribution in [2.75, 3.05) is 77.0 Å². The lowest BCUT2D eigenvalue weighted by Gasteiger charge is -2.29. The molecule has 8 heteroatoms. The lowest BCUT2D eigenvalue weighted by molar-refractivity contribution is 0.0315. The van der Waals surface area contributed by atoms with Gasteiger partial charge in [-0.15, -0.1) is 11.3 Å². The topological polar surface area (TPSA) is 56.2 Å². The second-order valence-corrected chi connectivity index (χ2v) is 9.15. The Hall–Kier alpha value is -1.38. The molecule has 4 rings (SSSR count). The predicted molar refractivity (Wildman–Crippen MR) is 120 cm³/mol. The largest absolute Gasteiger partial charge is 0.379 e. The second kappa shape index (κ2) is 10.6. The van der Waals surface area contributed by atoms with Crippen LogP contribution >= 0.6 is 11.3 Å². The van der Waals surface area contributed by atoms with E-state index in [-0.39, 0.29) is 0 Å². The second-order valence-electron chi connectivity index (χ2n) is 8.31. The van der Waals surface area contributed by atoms with Crippen LogP contribution < -0.4 is 10.2 Å². The van der Waals surface area contributed by atoms with Gasteiger partial charge in [-0.05, 0) is 32.1 Å². The van der Waals surface area contributed by atoms with Gasteiger partial charge < -0.3 is 19.9 Å². The molecule has 3 aliphatic heterocycles. The molecular formula is C21H36N6OS. The summed E-state index contributed by atoms with van der Waals surface area (Å²) in [6, 6.07) is 0. The minimum Gasteiger partial charge on any atom is -0.379 e. The van der Waals surface area contributed by atoms with Crippen LogP contribution in [-0.2, 0) is 11.2 Å². The molecule has 3 fully saturated rings. The number of rotatable bonds is 7. The van der Waals surface area contributed by atoms with Crippen molar-refractivity contribution in [3.8, 4) is 0 Å². The molecule has 1 unspecified atom stereocenters. The molecular weight excluding hydrogens is 384 g/mol. The summed E-state index contributed by atoms with van der Waals surface area (Å²) in [7, 11) is 0. The number of thiazole rings is 1. The SMILES string of the molecule is CCNC(=NCCc1csc(N2CCCC2)n1)N1CCC(CN2CCOCC2)C1. The number of ether oxygens (including phenoxy) is 1. The number of guanidine groups is 1. The van der Waals surface area contributed by atoms with E-state index in [0.29, 0.717) is 0 Å². The fourth-order valence-corrected chi connectivity index (χ4v) is 5.40. The predicted octanol–water partition coefficient (Wildman–Crippen LogP) is 1.91. The highest BCUT2D eigenvalue weighted by Gasteiger charge is 2.27. The van der Waals surface area contributed by atoms with Gasteiger partial charge in [0.1, 0.15) is 0 Å². The van der Waals surface area contributed by atoms with E-state index in [2.05, 4.69) is 32.3 Å². The molecule has 3 saturated heterocycles. The van der Waals surface area contributed by atoms with Crippen LogP contribution in [0.25, 0.3) is 0 Å². The van der Waals surface area contributed by atoms with Crippen molar-refractivity contribution in [2.24, 2.45) is 10.9 Å². The molecule has 0 radical (unpaired) electrons. The van der Waals surface area contributed by atoms with Crippen LogP contribution in [0.5, 0.6) is 0 Å². The van der Waals surface area contributed by atoms with E-state index in [4.69, 9.17) is 14.7 Å². The Balaban J connectivity index is 1.26. The molecule has 1 aromatic rings. The Morgan fingerprint density at radius 2 is 2.07 bits per heavy atom. The molecule has 3 aliphatic rings. The summed E-state index contributed by atoms with van der Waals surface area (Å²) in [5.41, 5.74) is 1.18. The van der Waals surface area contributed by atoms with E-state index in [9.17, 15) is 0 Å². The molecule has 29 heavy (non-hydrogen) atoms. The fraction of sp³-hybridized carbons (Fsp3) is 0.810. The van der Waals surface area contributed by atoms with Gasteiger partial charge in [-0.3, -0.25) is 9.89 Å². The van der Waals surface area contributed by atoms with E-state index in [1.807, 2.05) is 0 Å². The van der Waals surface area contributed by atoms with E-state index in [0.717, 1.165) is 83.9 Å².